The van der Waals surface area contributed by atoms with E-state index < -0.39 is 0 Å². The molecule has 2 saturated heterocycles. The largest absolute Gasteiger partial charge is 0.314 e. The fourth-order valence-electron chi connectivity index (χ4n) is 3.64. The van der Waals surface area contributed by atoms with Crippen LogP contribution in [0.15, 0.2) is 0 Å². The third kappa shape index (κ3) is 2.36. The van der Waals surface area contributed by atoms with Crippen LogP contribution in [0.2, 0.25) is 0 Å². The van der Waals surface area contributed by atoms with Gasteiger partial charge in [-0.2, -0.15) is 0 Å². The summed E-state index contributed by atoms with van der Waals surface area (Å²) in [5.74, 6) is 2.38. The Morgan fingerprint density at radius 1 is 1.05 bits per heavy atom. The molecule has 0 unspecified atom stereocenters. The maximum Gasteiger partial charge on any atom is 0.147 e. The van der Waals surface area contributed by atoms with Crippen LogP contribution in [0.25, 0.3) is 0 Å². The second-order valence-electron chi connectivity index (χ2n) is 6.28. The van der Waals surface area contributed by atoms with Crippen molar-refractivity contribution in [2.45, 2.75) is 38.4 Å². The van der Waals surface area contributed by atoms with Crippen LogP contribution in [-0.4, -0.2) is 69.9 Å². The highest BCUT2D eigenvalue weighted by atomic mass is 15.4. The lowest BCUT2D eigenvalue weighted by atomic mass is 10.1. The van der Waals surface area contributed by atoms with Crippen LogP contribution >= 0.6 is 0 Å². The van der Waals surface area contributed by atoms with Gasteiger partial charge in [-0.15, -0.1) is 10.2 Å². The minimum Gasteiger partial charge on any atom is -0.314 e. The summed E-state index contributed by atoms with van der Waals surface area (Å²) in [6, 6.07) is 0.765. The Kier molecular flexibility index (Phi) is 3.45. The molecular formula is C14H24N6. The lowest BCUT2D eigenvalue weighted by Crippen LogP contribution is -2.62. The molecule has 1 aromatic rings. The Hall–Kier alpha value is -0.980. The van der Waals surface area contributed by atoms with Crippen molar-refractivity contribution in [2.24, 2.45) is 0 Å². The molecule has 110 valence electrons. The van der Waals surface area contributed by atoms with E-state index in [1.807, 2.05) is 0 Å². The summed E-state index contributed by atoms with van der Waals surface area (Å²) in [5.41, 5.74) is 0. The number of fused-ring (bicyclic) bond motifs is 1. The molecule has 6 nitrogen and oxygen atoms in total. The quantitative estimate of drug-likeness (QED) is 0.822. The molecule has 0 saturated carbocycles. The maximum absolute atomic E-state index is 4.40. The van der Waals surface area contributed by atoms with Gasteiger partial charge in [-0.05, 0) is 12.8 Å². The van der Waals surface area contributed by atoms with Gasteiger partial charge in [-0.25, -0.2) is 0 Å². The maximum atomic E-state index is 4.40. The van der Waals surface area contributed by atoms with Crippen LogP contribution < -0.4 is 5.32 Å². The SMILES string of the molecule is C1CCn2c(nnc2CN2CC(N3CCNCC3)C2)C1. The number of likely N-dealkylation sites (tertiary alicyclic amines) is 1. The fourth-order valence-corrected chi connectivity index (χ4v) is 3.64. The fraction of sp³-hybridized carbons (Fsp3) is 0.857. The molecule has 6 heteroatoms. The van der Waals surface area contributed by atoms with Gasteiger partial charge < -0.3 is 9.88 Å². The van der Waals surface area contributed by atoms with Crippen molar-refractivity contribution in [2.75, 3.05) is 39.3 Å². The predicted octanol–water partition coefficient (Wildman–Crippen LogP) is -0.296. The third-order valence-electron chi connectivity index (χ3n) is 4.91. The first-order valence-corrected chi connectivity index (χ1v) is 7.98. The Bertz CT molecular complexity index is 458. The molecule has 0 amide bonds. The van der Waals surface area contributed by atoms with Crippen molar-refractivity contribution in [3.8, 4) is 0 Å². The van der Waals surface area contributed by atoms with Gasteiger partial charge in [0.25, 0.3) is 0 Å². The summed E-state index contributed by atoms with van der Waals surface area (Å²) in [6.07, 6.45) is 3.66. The summed E-state index contributed by atoms with van der Waals surface area (Å²) >= 11 is 0. The highest BCUT2D eigenvalue weighted by Gasteiger charge is 2.33. The van der Waals surface area contributed by atoms with Gasteiger partial charge in [-0.3, -0.25) is 9.80 Å². The van der Waals surface area contributed by atoms with E-state index in [9.17, 15) is 0 Å². The Morgan fingerprint density at radius 3 is 2.75 bits per heavy atom. The van der Waals surface area contributed by atoms with E-state index in [2.05, 4.69) is 29.9 Å². The average Bonchev–Trinajstić information content (AvgIpc) is 2.86. The van der Waals surface area contributed by atoms with Crippen LogP contribution in [-0.2, 0) is 19.5 Å². The highest BCUT2D eigenvalue weighted by Crippen LogP contribution is 2.20. The van der Waals surface area contributed by atoms with Crippen LogP contribution in [0, 0.1) is 0 Å². The first kappa shape index (κ1) is 12.7. The summed E-state index contributed by atoms with van der Waals surface area (Å²) < 4.78 is 2.35. The van der Waals surface area contributed by atoms with Gasteiger partial charge in [0.05, 0.1) is 6.54 Å². The smallest absolute Gasteiger partial charge is 0.147 e. The second kappa shape index (κ2) is 5.42. The predicted molar refractivity (Wildman–Crippen MR) is 76.5 cm³/mol. The molecule has 4 rings (SSSR count). The number of aromatic nitrogens is 3. The van der Waals surface area contributed by atoms with E-state index in [4.69, 9.17) is 0 Å². The molecule has 0 atom stereocenters. The molecule has 0 aliphatic carbocycles. The third-order valence-corrected chi connectivity index (χ3v) is 4.91. The average molecular weight is 276 g/mol. The summed E-state index contributed by atoms with van der Waals surface area (Å²) in [5, 5.41) is 12.2. The highest BCUT2D eigenvalue weighted by molar-refractivity contribution is 5.01. The normalized spacial score (nSPS) is 25.4. The topological polar surface area (TPSA) is 49.2 Å². The van der Waals surface area contributed by atoms with Gasteiger partial charge in [0.1, 0.15) is 11.6 Å². The molecule has 1 N–H and O–H groups in total. The molecule has 2 fully saturated rings. The van der Waals surface area contributed by atoms with E-state index >= 15 is 0 Å². The van der Waals surface area contributed by atoms with Crippen molar-refractivity contribution in [1.82, 2.24) is 29.9 Å². The molecule has 0 spiro atoms. The zero-order chi connectivity index (χ0) is 13.4. The van der Waals surface area contributed by atoms with Crippen LogP contribution in [0.1, 0.15) is 24.5 Å². The van der Waals surface area contributed by atoms with E-state index in [0.29, 0.717) is 0 Å². The summed E-state index contributed by atoms with van der Waals surface area (Å²) in [7, 11) is 0. The lowest BCUT2D eigenvalue weighted by Gasteiger charge is -2.46. The minimum absolute atomic E-state index is 0.765. The molecule has 0 aromatic carbocycles. The van der Waals surface area contributed by atoms with Crippen molar-refractivity contribution in [3.63, 3.8) is 0 Å². The zero-order valence-corrected chi connectivity index (χ0v) is 12.1. The standard InChI is InChI=1S/C14H24N6/c1-2-6-20-13(3-1)16-17-14(20)11-18-9-12(10-18)19-7-4-15-5-8-19/h12,15H,1-11H2. The Morgan fingerprint density at radius 2 is 1.90 bits per heavy atom. The first-order chi connectivity index (χ1) is 9.90. The Balaban J connectivity index is 1.32. The van der Waals surface area contributed by atoms with E-state index in [-0.39, 0.29) is 0 Å². The molecule has 3 aliphatic rings. The summed E-state index contributed by atoms with van der Waals surface area (Å²) in [4.78, 5) is 5.14. The van der Waals surface area contributed by atoms with Gasteiger partial charge >= 0.3 is 0 Å². The Labute approximate surface area is 120 Å². The first-order valence-electron chi connectivity index (χ1n) is 7.98. The molecule has 0 bridgehead atoms. The number of hydrogen-bond donors (Lipinski definition) is 1. The lowest BCUT2D eigenvalue weighted by molar-refractivity contribution is 0.0200. The monoisotopic (exact) mass is 276 g/mol. The number of nitrogens with one attached hydrogen (secondary N) is 1. The van der Waals surface area contributed by atoms with Crippen LogP contribution in [0.4, 0.5) is 0 Å². The molecule has 0 radical (unpaired) electrons. The molecule has 20 heavy (non-hydrogen) atoms. The van der Waals surface area contributed by atoms with Crippen LogP contribution in [0.5, 0.6) is 0 Å². The van der Waals surface area contributed by atoms with Crippen LogP contribution in [0.3, 0.4) is 0 Å². The van der Waals surface area contributed by atoms with Crippen molar-refractivity contribution >= 4 is 0 Å². The second-order valence-corrected chi connectivity index (χ2v) is 6.28. The number of hydrogen-bond acceptors (Lipinski definition) is 5. The molecule has 3 aliphatic heterocycles. The van der Waals surface area contributed by atoms with E-state index in [0.717, 1.165) is 38.6 Å². The molecule has 1 aromatic heterocycles. The number of nitrogens with zero attached hydrogens (tertiary/aromatic N) is 5. The number of aryl methyl sites for hydroxylation is 1. The van der Waals surface area contributed by atoms with Crippen molar-refractivity contribution in [3.05, 3.63) is 11.6 Å². The van der Waals surface area contributed by atoms with Gasteiger partial charge in [0.15, 0.2) is 0 Å². The number of piperazine rings is 1. The van der Waals surface area contributed by atoms with E-state index in [1.165, 1.54) is 50.7 Å². The van der Waals surface area contributed by atoms with Crippen molar-refractivity contribution in [1.29, 1.82) is 0 Å². The molecular weight excluding hydrogens is 252 g/mol. The number of rotatable bonds is 3. The molecule has 4 heterocycles. The van der Waals surface area contributed by atoms with Gasteiger partial charge in [0.2, 0.25) is 0 Å². The van der Waals surface area contributed by atoms with Gasteiger partial charge in [0, 0.05) is 58.3 Å². The van der Waals surface area contributed by atoms with Gasteiger partial charge in [-0.1, -0.05) is 0 Å². The van der Waals surface area contributed by atoms with E-state index in [1.54, 1.807) is 0 Å². The summed E-state index contributed by atoms with van der Waals surface area (Å²) in [6.45, 7) is 9.20. The zero-order valence-electron chi connectivity index (χ0n) is 12.1. The van der Waals surface area contributed by atoms with Crippen molar-refractivity contribution < 1.29 is 0 Å². The minimum atomic E-state index is 0.765.